The molecular weight excluding hydrogens is 178 g/mol. The van der Waals surface area contributed by atoms with Gasteiger partial charge in [-0.15, -0.1) is 0 Å². The van der Waals surface area contributed by atoms with Crippen LogP contribution in [0.1, 0.15) is 6.92 Å². The van der Waals surface area contributed by atoms with Crippen LogP contribution in [0.2, 0.25) is 0 Å². The average Bonchev–Trinajstić information content (AvgIpc) is 2.68. The lowest BCUT2D eigenvalue weighted by molar-refractivity contribution is -0.130. The number of hydrogen-bond donors (Lipinski definition) is 1. The van der Waals surface area contributed by atoms with E-state index in [1.807, 2.05) is 30.3 Å². The van der Waals surface area contributed by atoms with Crippen molar-refractivity contribution in [2.75, 3.05) is 18.2 Å². The molecule has 1 amide bonds. The lowest BCUT2D eigenvalue weighted by Crippen LogP contribution is -2.35. The van der Waals surface area contributed by atoms with Gasteiger partial charge in [0.1, 0.15) is 6.67 Å². The molecule has 1 fully saturated rings. The number of hydrazine groups is 1. The smallest absolute Gasteiger partial charge is 0.235 e. The molecule has 14 heavy (non-hydrogen) atoms. The normalized spacial score (nSPS) is 16.1. The lowest BCUT2D eigenvalue weighted by atomic mass is 10.3. The molecule has 1 aliphatic heterocycles. The molecule has 1 aliphatic rings. The molecule has 0 bridgehead atoms. The molecule has 1 N–H and O–H groups in total. The maximum atomic E-state index is 11.1. The molecule has 1 heterocycles. The first-order chi connectivity index (χ1) is 6.77. The molecule has 74 valence electrons. The molecule has 0 radical (unpaired) electrons. The third-order valence-electron chi connectivity index (χ3n) is 2.27. The van der Waals surface area contributed by atoms with Gasteiger partial charge in [-0.2, -0.15) is 0 Å². The molecule has 2 rings (SSSR count). The number of anilines is 1. The Balaban J connectivity index is 2.06. The highest BCUT2D eigenvalue weighted by molar-refractivity contribution is 5.73. The van der Waals surface area contributed by atoms with Crippen molar-refractivity contribution in [2.24, 2.45) is 0 Å². The lowest BCUT2D eigenvalue weighted by Gasteiger charge is -2.16. The van der Waals surface area contributed by atoms with E-state index in [1.165, 1.54) is 0 Å². The quantitative estimate of drug-likeness (QED) is 0.712. The van der Waals surface area contributed by atoms with E-state index in [0.717, 1.165) is 5.69 Å². The number of nitrogens with zero attached hydrogens (tertiary/aromatic N) is 2. The number of rotatable bonds is 1. The Morgan fingerprint density at radius 1 is 1.36 bits per heavy atom. The SMILES string of the molecule is CC(=O)N1CN(c2ccccc2)CN1. The van der Waals surface area contributed by atoms with Crippen molar-refractivity contribution in [2.45, 2.75) is 6.92 Å². The third kappa shape index (κ3) is 1.70. The van der Waals surface area contributed by atoms with Crippen LogP contribution >= 0.6 is 0 Å². The van der Waals surface area contributed by atoms with Gasteiger partial charge >= 0.3 is 0 Å². The number of carbonyl (C=O) groups is 1. The van der Waals surface area contributed by atoms with Crippen LogP contribution in [0.4, 0.5) is 5.69 Å². The summed E-state index contributed by atoms with van der Waals surface area (Å²) >= 11 is 0. The summed E-state index contributed by atoms with van der Waals surface area (Å²) in [5.74, 6) is 0.0448. The summed E-state index contributed by atoms with van der Waals surface area (Å²) in [6, 6.07) is 10.0. The molecule has 1 aromatic carbocycles. The molecule has 0 saturated carbocycles. The molecule has 0 atom stereocenters. The minimum absolute atomic E-state index is 0.0448. The second-order valence-electron chi connectivity index (χ2n) is 3.28. The zero-order valence-corrected chi connectivity index (χ0v) is 8.10. The number of benzene rings is 1. The van der Waals surface area contributed by atoms with E-state index in [4.69, 9.17) is 0 Å². The van der Waals surface area contributed by atoms with Crippen LogP contribution in [0.5, 0.6) is 0 Å². The number of carbonyl (C=O) groups excluding carboxylic acids is 1. The van der Waals surface area contributed by atoms with Crippen LogP contribution in [0.15, 0.2) is 30.3 Å². The first-order valence-electron chi connectivity index (χ1n) is 4.59. The van der Waals surface area contributed by atoms with Crippen LogP contribution in [-0.4, -0.2) is 24.3 Å². The van der Waals surface area contributed by atoms with E-state index in [1.54, 1.807) is 11.9 Å². The van der Waals surface area contributed by atoms with Crippen molar-refractivity contribution in [1.82, 2.24) is 10.4 Å². The monoisotopic (exact) mass is 191 g/mol. The van der Waals surface area contributed by atoms with E-state index < -0.39 is 0 Å². The topological polar surface area (TPSA) is 35.6 Å². The highest BCUT2D eigenvalue weighted by Crippen LogP contribution is 2.15. The predicted octanol–water partition coefficient (Wildman–Crippen LogP) is 0.775. The van der Waals surface area contributed by atoms with Crippen molar-refractivity contribution < 1.29 is 4.79 Å². The Bertz CT molecular complexity index is 325. The fraction of sp³-hybridized carbons (Fsp3) is 0.300. The standard InChI is InChI=1S/C10H13N3O/c1-9(14)13-8-12(7-11-13)10-5-3-2-4-6-10/h2-6,11H,7-8H2,1H3. The Kier molecular flexibility index (Phi) is 2.37. The molecule has 4 heteroatoms. The number of nitrogens with one attached hydrogen (secondary N) is 1. The summed E-state index contributed by atoms with van der Waals surface area (Å²) in [4.78, 5) is 13.2. The number of amides is 1. The highest BCUT2D eigenvalue weighted by atomic mass is 16.2. The van der Waals surface area contributed by atoms with Crippen molar-refractivity contribution in [3.63, 3.8) is 0 Å². The van der Waals surface area contributed by atoms with Crippen molar-refractivity contribution in [3.8, 4) is 0 Å². The van der Waals surface area contributed by atoms with Crippen LogP contribution in [0, 0.1) is 0 Å². The largest absolute Gasteiger partial charge is 0.338 e. The minimum Gasteiger partial charge on any atom is -0.338 e. The van der Waals surface area contributed by atoms with Gasteiger partial charge in [-0.25, -0.2) is 5.43 Å². The molecule has 0 aliphatic carbocycles. The van der Waals surface area contributed by atoms with E-state index in [-0.39, 0.29) is 5.91 Å². The maximum absolute atomic E-state index is 11.1. The maximum Gasteiger partial charge on any atom is 0.235 e. The summed E-state index contributed by atoms with van der Waals surface area (Å²) in [5, 5.41) is 1.60. The van der Waals surface area contributed by atoms with Crippen LogP contribution in [0.3, 0.4) is 0 Å². The van der Waals surface area contributed by atoms with E-state index in [9.17, 15) is 4.79 Å². The van der Waals surface area contributed by atoms with Crippen molar-refractivity contribution in [3.05, 3.63) is 30.3 Å². The highest BCUT2D eigenvalue weighted by Gasteiger charge is 2.20. The van der Waals surface area contributed by atoms with E-state index >= 15 is 0 Å². The fourth-order valence-corrected chi connectivity index (χ4v) is 1.46. The van der Waals surface area contributed by atoms with Gasteiger partial charge in [0.2, 0.25) is 5.91 Å². The van der Waals surface area contributed by atoms with Gasteiger partial charge in [0, 0.05) is 12.6 Å². The van der Waals surface area contributed by atoms with Gasteiger partial charge in [0.05, 0.1) is 6.67 Å². The Morgan fingerprint density at radius 3 is 2.64 bits per heavy atom. The fourth-order valence-electron chi connectivity index (χ4n) is 1.46. The minimum atomic E-state index is 0.0448. The average molecular weight is 191 g/mol. The van der Waals surface area contributed by atoms with Gasteiger partial charge in [0.25, 0.3) is 0 Å². The van der Waals surface area contributed by atoms with Crippen LogP contribution in [0.25, 0.3) is 0 Å². The molecule has 4 nitrogen and oxygen atoms in total. The molecule has 0 spiro atoms. The number of hydrogen-bond acceptors (Lipinski definition) is 3. The number of para-hydroxylation sites is 1. The second-order valence-corrected chi connectivity index (χ2v) is 3.28. The van der Waals surface area contributed by atoms with Crippen LogP contribution < -0.4 is 10.3 Å². The third-order valence-corrected chi connectivity index (χ3v) is 2.27. The summed E-state index contributed by atoms with van der Waals surface area (Å²) < 4.78 is 0. The first-order valence-corrected chi connectivity index (χ1v) is 4.59. The predicted molar refractivity (Wildman–Crippen MR) is 54.3 cm³/mol. The second kappa shape index (κ2) is 3.67. The van der Waals surface area contributed by atoms with Gasteiger partial charge < -0.3 is 4.90 Å². The zero-order valence-electron chi connectivity index (χ0n) is 8.10. The molecule has 1 aromatic rings. The first kappa shape index (κ1) is 9.02. The van der Waals surface area contributed by atoms with Gasteiger partial charge in [-0.1, -0.05) is 18.2 Å². The zero-order chi connectivity index (χ0) is 9.97. The summed E-state index contributed by atoms with van der Waals surface area (Å²) in [6.07, 6.45) is 0. The summed E-state index contributed by atoms with van der Waals surface area (Å²) in [5.41, 5.74) is 4.14. The Hall–Kier alpha value is -1.55. The molecule has 0 unspecified atom stereocenters. The van der Waals surface area contributed by atoms with Gasteiger partial charge in [-0.3, -0.25) is 9.80 Å². The molecule has 1 saturated heterocycles. The summed E-state index contributed by atoms with van der Waals surface area (Å²) in [7, 11) is 0. The van der Waals surface area contributed by atoms with E-state index in [0.29, 0.717) is 13.3 Å². The Labute approximate surface area is 83.1 Å². The van der Waals surface area contributed by atoms with Crippen molar-refractivity contribution in [1.29, 1.82) is 0 Å². The van der Waals surface area contributed by atoms with Gasteiger partial charge in [0.15, 0.2) is 0 Å². The van der Waals surface area contributed by atoms with E-state index in [2.05, 4.69) is 10.3 Å². The summed E-state index contributed by atoms with van der Waals surface area (Å²) in [6.45, 7) is 2.85. The molecule has 0 aromatic heterocycles. The molecular formula is C10H13N3O. The van der Waals surface area contributed by atoms with Gasteiger partial charge in [-0.05, 0) is 12.1 Å². The van der Waals surface area contributed by atoms with Crippen molar-refractivity contribution >= 4 is 11.6 Å². The Morgan fingerprint density at radius 2 is 2.07 bits per heavy atom. The van der Waals surface area contributed by atoms with Crippen LogP contribution in [-0.2, 0) is 4.79 Å².